The number of sulfonamides is 1. The topological polar surface area (TPSA) is 76.3 Å². The van der Waals surface area contributed by atoms with Gasteiger partial charge < -0.3 is 5.73 Å². The maximum absolute atomic E-state index is 12.4. The molecule has 1 aromatic rings. The van der Waals surface area contributed by atoms with Crippen LogP contribution >= 0.6 is 0 Å². The van der Waals surface area contributed by atoms with E-state index in [1.54, 1.807) is 16.7 Å². The van der Waals surface area contributed by atoms with Gasteiger partial charge in [-0.25, -0.2) is 8.42 Å². The predicted molar refractivity (Wildman–Crippen MR) is 74.8 cm³/mol. The van der Waals surface area contributed by atoms with Crippen molar-refractivity contribution in [2.45, 2.75) is 25.8 Å². The third kappa shape index (κ3) is 4.56. The number of nitrogens with zero attached hydrogens (tertiary/aromatic N) is 2. The Labute approximate surface area is 114 Å². The Hall–Kier alpha value is -0.980. The lowest BCUT2D eigenvalue weighted by Gasteiger charge is -2.22. The highest BCUT2D eigenvalue weighted by molar-refractivity contribution is 7.89. The fourth-order valence-corrected chi connectivity index (χ4v) is 3.86. The second-order valence-corrected chi connectivity index (χ2v) is 7.07. The minimum absolute atomic E-state index is 0.276. The van der Waals surface area contributed by atoms with Crippen LogP contribution in [0.15, 0.2) is 24.5 Å². The maximum atomic E-state index is 12.4. The molecule has 1 heterocycles. The van der Waals surface area contributed by atoms with Crippen LogP contribution in [0.3, 0.4) is 0 Å². The molecular formula is C13H21N3O2S. The zero-order valence-corrected chi connectivity index (χ0v) is 11.8. The van der Waals surface area contributed by atoms with E-state index in [9.17, 15) is 8.42 Å². The van der Waals surface area contributed by atoms with Gasteiger partial charge in [0.25, 0.3) is 0 Å². The van der Waals surface area contributed by atoms with E-state index < -0.39 is 10.0 Å². The Morgan fingerprint density at radius 2 is 2.21 bits per heavy atom. The Bertz CT molecular complexity index is 486. The number of aromatic nitrogens is 1. The number of hydrogen-bond donors (Lipinski definition) is 1. The monoisotopic (exact) mass is 283 g/mol. The van der Waals surface area contributed by atoms with Crippen molar-refractivity contribution in [3.05, 3.63) is 30.1 Å². The molecule has 0 atom stereocenters. The van der Waals surface area contributed by atoms with Gasteiger partial charge in [0.2, 0.25) is 10.0 Å². The quantitative estimate of drug-likeness (QED) is 0.771. The minimum Gasteiger partial charge on any atom is -0.330 e. The summed E-state index contributed by atoms with van der Waals surface area (Å²) in [5, 5.41) is 0. The van der Waals surface area contributed by atoms with Crippen LogP contribution in [-0.2, 0) is 16.6 Å². The molecule has 2 N–H and O–H groups in total. The fraction of sp³-hybridized carbons (Fsp3) is 0.615. The summed E-state index contributed by atoms with van der Waals surface area (Å²) in [7, 11) is -3.18. The normalized spacial score (nSPS) is 15.9. The highest BCUT2D eigenvalue weighted by Crippen LogP contribution is 2.31. The van der Waals surface area contributed by atoms with E-state index >= 15 is 0 Å². The summed E-state index contributed by atoms with van der Waals surface area (Å²) >= 11 is 0. The zero-order chi connectivity index (χ0) is 13.7. The van der Waals surface area contributed by atoms with Crippen molar-refractivity contribution in [1.29, 1.82) is 0 Å². The summed E-state index contributed by atoms with van der Waals surface area (Å²) in [6.45, 7) is 1.38. The average molecular weight is 283 g/mol. The van der Waals surface area contributed by atoms with Crippen LogP contribution in [0.1, 0.15) is 24.8 Å². The fourth-order valence-electron chi connectivity index (χ4n) is 1.97. The Morgan fingerprint density at radius 1 is 1.42 bits per heavy atom. The third-order valence-electron chi connectivity index (χ3n) is 3.23. The van der Waals surface area contributed by atoms with Gasteiger partial charge in [0.05, 0.1) is 5.75 Å². The van der Waals surface area contributed by atoms with Crippen LogP contribution in [-0.4, -0.2) is 36.5 Å². The molecule has 1 fully saturated rings. The van der Waals surface area contributed by atoms with E-state index in [2.05, 4.69) is 4.98 Å². The van der Waals surface area contributed by atoms with Crippen molar-refractivity contribution in [3.63, 3.8) is 0 Å². The van der Waals surface area contributed by atoms with E-state index in [4.69, 9.17) is 5.73 Å². The van der Waals surface area contributed by atoms with Gasteiger partial charge in [-0.1, -0.05) is 6.07 Å². The average Bonchev–Trinajstić information content (AvgIpc) is 3.18. The first kappa shape index (κ1) is 14.4. The second-order valence-electron chi connectivity index (χ2n) is 5.06. The highest BCUT2D eigenvalue weighted by Gasteiger charge is 2.31. The molecule has 0 saturated heterocycles. The summed E-state index contributed by atoms with van der Waals surface area (Å²) in [6.07, 6.45) is 6.16. The SMILES string of the molecule is NCCCN(Cc1cccnc1)S(=O)(=O)CC1CC1. The molecule has 19 heavy (non-hydrogen) atoms. The first-order chi connectivity index (χ1) is 9.12. The zero-order valence-electron chi connectivity index (χ0n) is 11.0. The lowest BCUT2D eigenvalue weighted by atomic mass is 10.3. The van der Waals surface area contributed by atoms with E-state index in [1.807, 2.05) is 12.1 Å². The van der Waals surface area contributed by atoms with E-state index in [-0.39, 0.29) is 5.75 Å². The van der Waals surface area contributed by atoms with Crippen LogP contribution in [0, 0.1) is 5.92 Å². The lowest BCUT2D eigenvalue weighted by molar-refractivity contribution is 0.400. The van der Waals surface area contributed by atoms with Gasteiger partial charge >= 0.3 is 0 Å². The Morgan fingerprint density at radius 3 is 2.79 bits per heavy atom. The number of pyridine rings is 1. The molecule has 0 aliphatic heterocycles. The molecule has 0 bridgehead atoms. The molecule has 1 aromatic heterocycles. The van der Waals surface area contributed by atoms with Gasteiger partial charge in [-0.05, 0) is 43.4 Å². The molecular weight excluding hydrogens is 262 g/mol. The molecule has 0 radical (unpaired) electrons. The van der Waals surface area contributed by atoms with E-state index in [0.717, 1.165) is 18.4 Å². The minimum atomic E-state index is -3.18. The molecule has 0 spiro atoms. The summed E-state index contributed by atoms with van der Waals surface area (Å²) in [6, 6.07) is 3.72. The first-order valence-corrected chi connectivity index (χ1v) is 8.29. The number of rotatable bonds is 8. The van der Waals surface area contributed by atoms with Crippen LogP contribution in [0.2, 0.25) is 0 Å². The standard InChI is InChI=1S/C13H21N3O2S/c14-6-2-8-16(10-13-3-1-7-15-9-13)19(17,18)11-12-4-5-12/h1,3,7,9,12H,2,4-6,8,10-11,14H2. The predicted octanol–water partition coefficient (Wildman–Crippen LogP) is 0.972. The smallest absolute Gasteiger partial charge is 0.214 e. The first-order valence-electron chi connectivity index (χ1n) is 6.68. The van der Waals surface area contributed by atoms with Crippen molar-refractivity contribution in [3.8, 4) is 0 Å². The van der Waals surface area contributed by atoms with Crippen LogP contribution in [0.4, 0.5) is 0 Å². The summed E-state index contributed by atoms with van der Waals surface area (Å²) in [4.78, 5) is 4.03. The van der Waals surface area contributed by atoms with Crippen molar-refractivity contribution >= 4 is 10.0 Å². The lowest BCUT2D eigenvalue weighted by Crippen LogP contribution is -2.34. The van der Waals surface area contributed by atoms with Crippen molar-refractivity contribution in [2.75, 3.05) is 18.8 Å². The van der Waals surface area contributed by atoms with Gasteiger partial charge in [-0.2, -0.15) is 4.31 Å². The van der Waals surface area contributed by atoms with E-state index in [1.165, 1.54) is 0 Å². The molecule has 1 aliphatic carbocycles. The molecule has 1 saturated carbocycles. The van der Waals surface area contributed by atoms with Crippen molar-refractivity contribution in [1.82, 2.24) is 9.29 Å². The van der Waals surface area contributed by atoms with Gasteiger partial charge in [-0.15, -0.1) is 0 Å². The Kier molecular flexibility index (Phi) is 4.90. The maximum Gasteiger partial charge on any atom is 0.214 e. The van der Waals surface area contributed by atoms with Crippen LogP contribution in [0.5, 0.6) is 0 Å². The van der Waals surface area contributed by atoms with Gasteiger partial charge in [0, 0.05) is 25.5 Å². The van der Waals surface area contributed by atoms with Gasteiger partial charge in [-0.3, -0.25) is 4.98 Å². The van der Waals surface area contributed by atoms with Crippen molar-refractivity contribution in [2.24, 2.45) is 11.7 Å². The molecule has 1 aliphatic rings. The second kappa shape index (κ2) is 6.45. The molecule has 106 valence electrons. The molecule has 0 aromatic carbocycles. The van der Waals surface area contributed by atoms with Gasteiger partial charge in [0.15, 0.2) is 0 Å². The van der Waals surface area contributed by atoms with Crippen LogP contribution in [0.25, 0.3) is 0 Å². The van der Waals surface area contributed by atoms with Gasteiger partial charge in [0.1, 0.15) is 0 Å². The Balaban J connectivity index is 2.05. The molecule has 0 unspecified atom stereocenters. The highest BCUT2D eigenvalue weighted by atomic mass is 32.2. The number of hydrogen-bond acceptors (Lipinski definition) is 4. The summed E-state index contributed by atoms with van der Waals surface area (Å²) < 4.78 is 26.3. The van der Waals surface area contributed by atoms with Crippen LogP contribution < -0.4 is 5.73 Å². The summed E-state index contributed by atoms with van der Waals surface area (Å²) in [5.74, 6) is 0.636. The molecule has 2 rings (SSSR count). The summed E-state index contributed by atoms with van der Waals surface area (Å²) in [5.41, 5.74) is 6.41. The van der Waals surface area contributed by atoms with E-state index in [0.29, 0.717) is 32.0 Å². The number of nitrogens with two attached hydrogens (primary N) is 1. The molecule has 5 nitrogen and oxygen atoms in total. The molecule has 0 amide bonds. The molecule has 6 heteroatoms. The van der Waals surface area contributed by atoms with Crippen molar-refractivity contribution < 1.29 is 8.42 Å². The third-order valence-corrected chi connectivity index (χ3v) is 5.22. The largest absolute Gasteiger partial charge is 0.330 e.